The van der Waals surface area contributed by atoms with Gasteiger partial charge < -0.3 is 9.72 Å². The van der Waals surface area contributed by atoms with E-state index in [1.54, 1.807) is 6.92 Å². The molecule has 1 aromatic heterocycles. The molecule has 8 heteroatoms. The van der Waals surface area contributed by atoms with Gasteiger partial charge in [0.15, 0.2) is 5.03 Å². The minimum absolute atomic E-state index is 0.0908. The third kappa shape index (κ3) is 3.04. The number of sulfonamides is 1. The topological polar surface area (TPSA) is 101 Å². The van der Waals surface area contributed by atoms with E-state index in [0.29, 0.717) is 5.82 Å². The van der Waals surface area contributed by atoms with Crippen LogP contribution in [0.4, 0.5) is 0 Å². The Kier molecular flexibility index (Phi) is 3.58. The second-order valence-corrected chi connectivity index (χ2v) is 5.71. The summed E-state index contributed by atoms with van der Waals surface area (Å²) in [7, 11) is -2.63. The van der Waals surface area contributed by atoms with Crippen molar-refractivity contribution in [1.29, 1.82) is 0 Å². The molecule has 0 atom stereocenters. The van der Waals surface area contributed by atoms with Crippen LogP contribution in [0.1, 0.15) is 19.7 Å². The molecular formula is C9H15N3O4S. The van der Waals surface area contributed by atoms with Gasteiger partial charge in [-0.3, -0.25) is 4.79 Å². The molecule has 1 aromatic rings. The van der Waals surface area contributed by atoms with E-state index < -0.39 is 21.5 Å². The molecule has 1 heterocycles. The number of carbonyl (C=O) groups excluding carboxylic acids is 1. The summed E-state index contributed by atoms with van der Waals surface area (Å²) in [5.41, 5.74) is -1.34. The van der Waals surface area contributed by atoms with Crippen molar-refractivity contribution in [3.63, 3.8) is 0 Å². The van der Waals surface area contributed by atoms with Crippen molar-refractivity contribution in [3.8, 4) is 0 Å². The number of rotatable bonds is 4. The van der Waals surface area contributed by atoms with Crippen LogP contribution in [-0.2, 0) is 19.6 Å². The highest BCUT2D eigenvalue weighted by molar-refractivity contribution is 7.89. The van der Waals surface area contributed by atoms with Gasteiger partial charge in [0, 0.05) is 0 Å². The molecule has 1 rings (SSSR count). The molecule has 0 radical (unpaired) electrons. The first-order chi connectivity index (χ1) is 7.69. The summed E-state index contributed by atoms with van der Waals surface area (Å²) in [6, 6.07) is 0. The molecule has 0 aromatic carbocycles. The molecular weight excluding hydrogens is 246 g/mol. The molecule has 96 valence electrons. The smallest absolute Gasteiger partial charge is 0.326 e. The number of aromatic nitrogens is 2. The first kappa shape index (κ1) is 13.7. The van der Waals surface area contributed by atoms with Crippen LogP contribution in [0.15, 0.2) is 11.2 Å². The van der Waals surface area contributed by atoms with Gasteiger partial charge in [-0.2, -0.15) is 4.72 Å². The minimum atomic E-state index is -3.82. The zero-order chi connectivity index (χ0) is 13.3. The van der Waals surface area contributed by atoms with Gasteiger partial charge in [0.25, 0.3) is 10.0 Å². The highest BCUT2D eigenvalue weighted by atomic mass is 32.2. The highest BCUT2D eigenvalue weighted by Gasteiger charge is 2.34. The lowest BCUT2D eigenvalue weighted by atomic mass is 10.1. The van der Waals surface area contributed by atoms with Crippen LogP contribution < -0.4 is 4.72 Å². The number of hydrogen-bond donors (Lipinski definition) is 2. The van der Waals surface area contributed by atoms with E-state index in [-0.39, 0.29) is 5.03 Å². The van der Waals surface area contributed by atoms with Crippen LogP contribution in [-0.4, -0.2) is 37.0 Å². The van der Waals surface area contributed by atoms with E-state index in [1.807, 2.05) is 0 Å². The number of ether oxygens (including phenoxy) is 1. The van der Waals surface area contributed by atoms with Gasteiger partial charge in [0.2, 0.25) is 0 Å². The number of methoxy groups -OCH3 is 1. The number of esters is 1. The Hall–Kier alpha value is -1.41. The molecule has 0 saturated carbocycles. The molecule has 0 unspecified atom stereocenters. The van der Waals surface area contributed by atoms with E-state index in [9.17, 15) is 13.2 Å². The summed E-state index contributed by atoms with van der Waals surface area (Å²) in [5.74, 6) is -0.196. The van der Waals surface area contributed by atoms with Gasteiger partial charge in [-0.1, -0.05) is 0 Å². The summed E-state index contributed by atoms with van der Waals surface area (Å²) in [4.78, 5) is 17.7. The van der Waals surface area contributed by atoms with Gasteiger partial charge in [0.05, 0.1) is 13.3 Å². The Morgan fingerprint density at radius 2 is 2.12 bits per heavy atom. The number of H-pyrrole nitrogens is 1. The first-order valence-corrected chi connectivity index (χ1v) is 6.31. The normalized spacial score (nSPS) is 12.5. The average molecular weight is 261 g/mol. The lowest BCUT2D eigenvalue weighted by Gasteiger charge is -2.22. The fourth-order valence-corrected chi connectivity index (χ4v) is 2.56. The fraction of sp³-hybridized carbons (Fsp3) is 0.556. The van der Waals surface area contributed by atoms with Crippen molar-refractivity contribution < 1.29 is 17.9 Å². The number of nitrogens with zero attached hydrogens (tertiary/aromatic N) is 1. The Labute approximate surface area is 99.6 Å². The van der Waals surface area contributed by atoms with Crippen LogP contribution in [0.3, 0.4) is 0 Å². The van der Waals surface area contributed by atoms with E-state index in [2.05, 4.69) is 19.4 Å². The average Bonchev–Trinajstić information content (AvgIpc) is 2.62. The standard InChI is InChI=1S/C9H15N3O4S/c1-6-10-5-7(11-6)17(14,15)12-9(2,3)8(13)16-4/h5,12H,1-4H3,(H,10,11). The molecule has 0 saturated heterocycles. The van der Waals surface area contributed by atoms with Gasteiger partial charge in [-0.05, 0) is 20.8 Å². The monoisotopic (exact) mass is 261 g/mol. The Morgan fingerprint density at radius 3 is 2.53 bits per heavy atom. The molecule has 0 amide bonds. The maximum atomic E-state index is 11.9. The van der Waals surface area contributed by atoms with Crippen LogP contribution in [0.5, 0.6) is 0 Å². The summed E-state index contributed by atoms with van der Waals surface area (Å²) >= 11 is 0. The van der Waals surface area contributed by atoms with E-state index >= 15 is 0 Å². The van der Waals surface area contributed by atoms with E-state index in [1.165, 1.54) is 27.2 Å². The second kappa shape index (κ2) is 4.46. The maximum absolute atomic E-state index is 11.9. The van der Waals surface area contributed by atoms with Crippen LogP contribution in [0, 0.1) is 6.92 Å². The lowest BCUT2D eigenvalue weighted by molar-refractivity contribution is -0.146. The Morgan fingerprint density at radius 1 is 1.53 bits per heavy atom. The van der Waals surface area contributed by atoms with Crippen molar-refractivity contribution in [3.05, 3.63) is 12.0 Å². The molecule has 0 aliphatic rings. The minimum Gasteiger partial charge on any atom is -0.468 e. The molecule has 17 heavy (non-hydrogen) atoms. The van der Waals surface area contributed by atoms with Crippen LogP contribution in [0.25, 0.3) is 0 Å². The molecule has 2 N–H and O–H groups in total. The zero-order valence-corrected chi connectivity index (χ0v) is 10.9. The summed E-state index contributed by atoms with van der Waals surface area (Å²) < 4.78 is 30.5. The third-order valence-electron chi connectivity index (χ3n) is 2.05. The molecule has 0 fully saturated rings. The lowest BCUT2D eigenvalue weighted by Crippen LogP contribution is -2.50. The van der Waals surface area contributed by atoms with Crippen molar-refractivity contribution in [2.75, 3.05) is 7.11 Å². The predicted octanol–water partition coefficient (Wildman–Crippen LogP) is -0.0520. The number of aromatic amines is 1. The number of aryl methyl sites for hydroxylation is 1. The fourth-order valence-electron chi connectivity index (χ4n) is 1.22. The maximum Gasteiger partial charge on any atom is 0.326 e. The quantitative estimate of drug-likeness (QED) is 0.740. The van der Waals surface area contributed by atoms with Gasteiger partial charge in [0.1, 0.15) is 11.4 Å². The summed E-state index contributed by atoms with van der Waals surface area (Å²) in [5, 5.41) is -0.0908. The van der Waals surface area contributed by atoms with Crippen molar-refractivity contribution in [2.45, 2.75) is 31.3 Å². The van der Waals surface area contributed by atoms with E-state index in [4.69, 9.17) is 0 Å². The van der Waals surface area contributed by atoms with Gasteiger partial charge in [-0.25, -0.2) is 13.4 Å². The third-order valence-corrected chi connectivity index (χ3v) is 3.62. The summed E-state index contributed by atoms with van der Waals surface area (Å²) in [6.07, 6.45) is 1.19. The highest BCUT2D eigenvalue weighted by Crippen LogP contribution is 2.12. The van der Waals surface area contributed by atoms with Crippen LogP contribution in [0.2, 0.25) is 0 Å². The van der Waals surface area contributed by atoms with Crippen LogP contribution >= 0.6 is 0 Å². The number of imidazole rings is 1. The SMILES string of the molecule is COC(=O)C(C)(C)NS(=O)(=O)c1cnc(C)[nH]1. The van der Waals surface area contributed by atoms with E-state index in [0.717, 1.165) is 0 Å². The largest absolute Gasteiger partial charge is 0.468 e. The van der Waals surface area contributed by atoms with Crippen molar-refractivity contribution >= 4 is 16.0 Å². The van der Waals surface area contributed by atoms with Gasteiger partial charge in [-0.15, -0.1) is 0 Å². The molecule has 0 spiro atoms. The first-order valence-electron chi connectivity index (χ1n) is 4.83. The Balaban J connectivity index is 2.99. The molecule has 0 aliphatic heterocycles. The Bertz CT molecular complexity index is 518. The van der Waals surface area contributed by atoms with Crippen molar-refractivity contribution in [1.82, 2.24) is 14.7 Å². The predicted molar refractivity (Wildman–Crippen MR) is 59.7 cm³/mol. The number of hydrogen-bond acceptors (Lipinski definition) is 5. The molecule has 0 aliphatic carbocycles. The van der Waals surface area contributed by atoms with Crippen molar-refractivity contribution in [2.24, 2.45) is 0 Å². The molecule has 0 bridgehead atoms. The second-order valence-electron chi connectivity index (χ2n) is 4.05. The number of nitrogens with one attached hydrogen (secondary N) is 2. The molecule has 7 nitrogen and oxygen atoms in total. The van der Waals surface area contributed by atoms with Gasteiger partial charge >= 0.3 is 5.97 Å². The number of carbonyl (C=O) groups is 1. The summed E-state index contributed by atoms with van der Waals surface area (Å²) in [6.45, 7) is 4.46. The zero-order valence-electron chi connectivity index (χ0n) is 10.1.